The number of hydrogen-bond donors (Lipinski definition) is 1. The van der Waals surface area contributed by atoms with E-state index >= 15 is 0 Å². The monoisotopic (exact) mass is 667 g/mol. The number of rotatable bonds is 10. The van der Waals surface area contributed by atoms with Gasteiger partial charge in [0, 0.05) is 31.2 Å². The van der Waals surface area contributed by atoms with E-state index in [0.29, 0.717) is 49.1 Å². The minimum absolute atomic E-state index is 0.0428. The molecule has 1 saturated heterocycles. The Labute approximate surface area is 279 Å². The van der Waals surface area contributed by atoms with E-state index in [0.717, 1.165) is 18.4 Å². The molecule has 4 rings (SSSR count). The average Bonchev–Trinajstić information content (AvgIpc) is 3.44. The number of H-pyrrole nitrogens is 1. The molecule has 2 heterocycles. The van der Waals surface area contributed by atoms with Crippen LogP contribution in [0.1, 0.15) is 83.0 Å². The molecule has 1 N–H and O–H groups in total. The zero-order chi connectivity index (χ0) is 34.6. The molecule has 1 unspecified atom stereocenters. The van der Waals surface area contributed by atoms with Crippen molar-refractivity contribution in [2.45, 2.75) is 90.5 Å². The first-order valence-corrected chi connectivity index (χ1v) is 19.2. The molecule has 11 heteroatoms. The number of methoxy groups -OCH3 is 1. The van der Waals surface area contributed by atoms with E-state index in [1.54, 1.807) is 29.2 Å². The highest BCUT2D eigenvalue weighted by Gasteiger charge is 2.38. The number of halogens is 1. The van der Waals surface area contributed by atoms with Gasteiger partial charge in [-0.2, -0.15) is 0 Å². The minimum atomic E-state index is -1.99. The fraction of sp³-hybridized carbons (Fsp3) is 0.528. The summed E-state index contributed by atoms with van der Waals surface area (Å²) in [6, 6.07) is 13.0. The molecule has 1 aromatic heterocycles. The molecule has 0 saturated carbocycles. The van der Waals surface area contributed by atoms with E-state index in [9.17, 15) is 14.0 Å². The van der Waals surface area contributed by atoms with Crippen LogP contribution in [0.5, 0.6) is 11.5 Å². The van der Waals surface area contributed by atoms with Gasteiger partial charge in [-0.1, -0.05) is 20.8 Å². The summed E-state index contributed by atoms with van der Waals surface area (Å²) in [6.45, 7) is 18.5. The molecule has 47 heavy (non-hydrogen) atoms. The van der Waals surface area contributed by atoms with Gasteiger partial charge in [0.15, 0.2) is 14.0 Å². The highest BCUT2D eigenvalue weighted by molar-refractivity contribution is 6.74. The first kappa shape index (κ1) is 36.1. The number of ether oxygens (including phenoxy) is 3. The molecule has 256 valence electrons. The summed E-state index contributed by atoms with van der Waals surface area (Å²) >= 11 is 0. The van der Waals surface area contributed by atoms with Crippen molar-refractivity contribution in [3.63, 3.8) is 0 Å². The van der Waals surface area contributed by atoms with Crippen molar-refractivity contribution in [1.82, 2.24) is 14.9 Å². The number of aromatic amines is 1. The number of likely N-dealkylation sites (tertiary alicyclic amines) is 1. The van der Waals surface area contributed by atoms with Crippen molar-refractivity contribution >= 4 is 20.4 Å². The van der Waals surface area contributed by atoms with Crippen LogP contribution in [0.3, 0.4) is 0 Å². The Balaban J connectivity index is 1.60. The summed E-state index contributed by atoms with van der Waals surface area (Å²) < 4.78 is 36.5. The lowest BCUT2D eigenvalue weighted by Crippen LogP contribution is -2.43. The van der Waals surface area contributed by atoms with E-state index in [4.69, 9.17) is 23.6 Å². The van der Waals surface area contributed by atoms with Gasteiger partial charge in [-0.15, -0.1) is 0 Å². The molecule has 0 aliphatic carbocycles. The Kier molecular flexibility index (Phi) is 11.2. The lowest BCUT2D eigenvalue weighted by molar-refractivity contribution is 0.0169. The molecule has 9 nitrogen and oxygen atoms in total. The maximum absolute atomic E-state index is 13.3. The van der Waals surface area contributed by atoms with E-state index in [-0.39, 0.29) is 34.5 Å². The van der Waals surface area contributed by atoms with Crippen molar-refractivity contribution in [2.75, 3.05) is 26.8 Å². The molecule has 1 aliphatic heterocycles. The number of esters is 1. The van der Waals surface area contributed by atoms with Crippen LogP contribution in [0.4, 0.5) is 9.18 Å². The highest BCUT2D eigenvalue weighted by Crippen LogP contribution is 2.40. The summed E-state index contributed by atoms with van der Waals surface area (Å²) in [7, 11) is -0.644. The summed E-state index contributed by atoms with van der Waals surface area (Å²) in [5.74, 6) is 1.08. The Morgan fingerprint density at radius 3 is 2.09 bits per heavy atom. The molecule has 0 radical (unpaired) electrons. The molecule has 1 aliphatic rings. The van der Waals surface area contributed by atoms with Gasteiger partial charge in [0.1, 0.15) is 34.4 Å². The van der Waals surface area contributed by atoms with Gasteiger partial charge in [0.25, 0.3) is 0 Å². The standard InChI is InChI=1S/C36H50FN3O6Si/c1-35(2,3)46-34(42)40-21-18-24(19-22-40)29(20-23-44-47(8,9)36(4,5)6)32-38-30(31(39-32)33(41)43-7)25-10-14-27(15-11-25)45-28-16-12-26(37)13-17-28/h10-17,24,29H,18-23H2,1-9H3,(H,38,39). The molecular weight excluding hydrogens is 617 g/mol. The van der Waals surface area contributed by atoms with Gasteiger partial charge in [0.05, 0.1) is 7.11 Å². The van der Waals surface area contributed by atoms with E-state index in [1.807, 2.05) is 32.9 Å². The topological polar surface area (TPSA) is 103 Å². The van der Waals surface area contributed by atoms with Crippen LogP contribution in [0, 0.1) is 11.7 Å². The first-order chi connectivity index (χ1) is 22.0. The van der Waals surface area contributed by atoms with E-state index < -0.39 is 19.9 Å². The summed E-state index contributed by atoms with van der Waals surface area (Å²) in [5.41, 5.74) is 0.922. The van der Waals surface area contributed by atoms with Crippen molar-refractivity contribution in [1.29, 1.82) is 0 Å². The fourth-order valence-corrected chi connectivity index (χ4v) is 6.47. The molecule has 1 amide bonds. The number of aromatic nitrogens is 2. The number of imidazole rings is 1. The number of hydrogen-bond acceptors (Lipinski definition) is 7. The van der Waals surface area contributed by atoms with Crippen LogP contribution in [0.15, 0.2) is 48.5 Å². The number of carbonyl (C=O) groups excluding carboxylic acids is 2. The normalized spacial score (nSPS) is 15.3. The van der Waals surface area contributed by atoms with Crippen molar-refractivity contribution in [3.8, 4) is 22.8 Å². The van der Waals surface area contributed by atoms with Crippen LogP contribution >= 0.6 is 0 Å². The Morgan fingerprint density at radius 1 is 0.979 bits per heavy atom. The van der Waals surface area contributed by atoms with Crippen molar-refractivity contribution < 1.29 is 32.6 Å². The molecule has 1 atom stereocenters. The van der Waals surface area contributed by atoms with E-state index in [1.165, 1.54) is 19.2 Å². The van der Waals surface area contributed by atoms with E-state index in [2.05, 4.69) is 38.8 Å². The van der Waals surface area contributed by atoms with Crippen LogP contribution in [0.25, 0.3) is 11.3 Å². The molecule has 1 fully saturated rings. The number of benzene rings is 2. The lowest BCUT2D eigenvalue weighted by atomic mass is 9.82. The van der Waals surface area contributed by atoms with Crippen molar-refractivity contribution in [3.05, 3.63) is 65.9 Å². The molecule has 0 bridgehead atoms. The van der Waals surface area contributed by atoms with Gasteiger partial charge in [-0.05, 0) is 113 Å². The maximum atomic E-state index is 13.3. The molecular formula is C36H50FN3O6Si. The predicted molar refractivity (Wildman–Crippen MR) is 183 cm³/mol. The van der Waals surface area contributed by atoms with Gasteiger partial charge >= 0.3 is 12.1 Å². The second kappa shape index (κ2) is 14.6. The maximum Gasteiger partial charge on any atom is 0.410 e. The molecule has 0 spiro atoms. The number of nitrogens with zero attached hydrogens (tertiary/aromatic N) is 2. The SMILES string of the molecule is COC(=O)c1[nH]c(C(CCO[Si](C)(C)C(C)(C)C)C2CCN(C(=O)OC(C)(C)C)CC2)nc1-c1ccc(Oc2ccc(F)cc2)cc1. The van der Waals surface area contributed by atoms with Crippen LogP contribution in [-0.2, 0) is 13.9 Å². The summed E-state index contributed by atoms with van der Waals surface area (Å²) in [4.78, 5) is 35.9. The number of piperidine rings is 1. The largest absolute Gasteiger partial charge is 0.464 e. The Bertz CT molecular complexity index is 1500. The number of nitrogens with one attached hydrogen (secondary N) is 1. The van der Waals surface area contributed by atoms with Gasteiger partial charge in [-0.25, -0.2) is 19.0 Å². The quantitative estimate of drug-likeness (QED) is 0.170. The Hall–Kier alpha value is -3.70. The minimum Gasteiger partial charge on any atom is -0.464 e. The Morgan fingerprint density at radius 2 is 1.55 bits per heavy atom. The van der Waals surface area contributed by atoms with Gasteiger partial charge < -0.3 is 28.5 Å². The average molecular weight is 668 g/mol. The lowest BCUT2D eigenvalue weighted by Gasteiger charge is -2.38. The van der Waals surface area contributed by atoms with Crippen LogP contribution < -0.4 is 4.74 Å². The predicted octanol–water partition coefficient (Wildman–Crippen LogP) is 8.94. The summed E-state index contributed by atoms with van der Waals surface area (Å²) in [6.07, 6.45) is 1.95. The molecule has 3 aromatic rings. The zero-order valence-corrected chi connectivity index (χ0v) is 30.2. The zero-order valence-electron chi connectivity index (χ0n) is 29.2. The molecule has 2 aromatic carbocycles. The van der Waals surface area contributed by atoms with Gasteiger partial charge in [-0.3, -0.25) is 0 Å². The smallest absolute Gasteiger partial charge is 0.410 e. The second-order valence-electron chi connectivity index (χ2n) is 14.7. The second-order valence-corrected chi connectivity index (χ2v) is 19.5. The highest BCUT2D eigenvalue weighted by atomic mass is 28.4. The number of amides is 1. The third-order valence-corrected chi connectivity index (χ3v) is 13.6. The van der Waals surface area contributed by atoms with Gasteiger partial charge in [0.2, 0.25) is 0 Å². The fourth-order valence-electron chi connectivity index (χ4n) is 5.41. The van der Waals surface area contributed by atoms with Crippen LogP contribution in [0.2, 0.25) is 18.1 Å². The van der Waals surface area contributed by atoms with Crippen molar-refractivity contribution in [2.24, 2.45) is 5.92 Å². The van der Waals surface area contributed by atoms with Crippen LogP contribution in [-0.4, -0.2) is 67.7 Å². The third kappa shape index (κ3) is 9.44. The number of carbonyl (C=O) groups is 2. The summed E-state index contributed by atoms with van der Waals surface area (Å²) in [5, 5.41) is 0.0731. The first-order valence-electron chi connectivity index (χ1n) is 16.3. The third-order valence-electron chi connectivity index (χ3n) is 9.10.